The van der Waals surface area contributed by atoms with E-state index in [4.69, 9.17) is 0 Å². The van der Waals surface area contributed by atoms with Crippen molar-refractivity contribution in [3.8, 4) is 0 Å². The summed E-state index contributed by atoms with van der Waals surface area (Å²) in [5.41, 5.74) is 2.72. The van der Waals surface area contributed by atoms with E-state index in [1.165, 1.54) is 5.69 Å². The van der Waals surface area contributed by atoms with Crippen LogP contribution in [0.3, 0.4) is 0 Å². The maximum Gasteiger partial charge on any atom is 0.272 e. The van der Waals surface area contributed by atoms with Crippen molar-refractivity contribution in [2.75, 3.05) is 13.1 Å². The molecule has 23 heavy (non-hydrogen) atoms. The molecule has 0 radical (unpaired) electrons. The van der Waals surface area contributed by atoms with E-state index in [0.717, 1.165) is 37.0 Å². The van der Waals surface area contributed by atoms with Crippen molar-refractivity contribution in [3.63, 3.8) is 0 Å². The number of piperidine rings is 1. The van der Waals surface area contributed by atoms with Gasteiger partial charge in [-0.3, -0.25) is 9.48 Å². The first-order valence-corrected chi connectivity index (χ1v) is 7.93. The topological polar surface area (TPSA) is 66.8 Å². The number of aromatic amines is 1. The van der Waals surface area contributed by atoms with Crippen molar-refractivity contribution < 1.29 is 4.79 Å². The maximum absolute atomic E-state index is 12.7. The number of hydrogen-bond donors (Lipinski definition) is 1. The number of H-pyrrole nitrogens is 1. The molecule has 6 heteroatoms. The van der Waals surface area contributed by atoms with Gasteiger partial charge in [-0.1, -0.05) is 0 Å². The Morgan fingerprint density at radius 3 is 3.04 bits per heavy atom. The van der Waals surface area contributed by atoms with Gasteiger partial charge >= 0.3 is 0 Å². The minimum Gasteiger partial charge on any atom is -0.343 e. The second-order valence-electron chi connectivity index (χ2n) is 6.10. The number of rotatable bonds is 2. The molecule has 0 saturated carbocycles. The highest BCUT2D eigenvalue weighted by Crippen LogP contribution is 2.29. The minimum absolute atomic E-state index is 0.0592. The molecule has 1 atom stereocenters. The Kier molecular flexibility index (Phi) is 3.37. The molecule has 0 aromatic carbocycles. The molecule has 0 bridgehead atoms. The van der Waals surface area contributed by atoms with Crippen LogP contribution in [-0.4, -0.2) is 43.6 Å². The zero-order chi connectivity index (χ0) is 15.8. The third kappa shape index (κ3) is 2.50. The molecule has 118 valence electrons. The summed E-state index contributed by atoms with van der Waals surface area (Å²) in [6.07, 6.45) is 5.55. The molecule has 1 saturated heterocycles. The van der Waals surface area contributed by atoms with E-state index in [0.29, 0.717) is 11.6 Å². The molecular weight excluding hydrogens is 290 g/mol. The Balaban J connectivity index is 1.57. The summed E-state index contributed by atoms with van der Waals surface area (Å²) in [5.74, 6) is 0.388. The quantitative estimate of drug-likeness (QED) is 0.790. The lowest BCUT2D eigenvalue weighted by atomic mass is 9.94. The molecule has 0 spiro atoms. The van der Waals surface area contributed by atoms with Gasteiger partial charge in [-0.2, -0.15) is 5.10 Å². The van der Waals surface area contributed by atoms with E-state index in [2.05, 4.69) is 27.2 Å². The molecule has 4 heterocycles. The van der Waals surface area contributed by atoms with Crippen LogP contribution in [0, 0.1) is 0 Å². The van der Waals surface area contributed by atoms with Crippen LogP contribution >= 0.6 is 0 Å². The summed E-state index contributed by atoms with van der Waals surface area (Å²) in [6.45, 7) is 1.54. The van der Waals surface area contributed by atoms with Gasteiger partial charge in [0.1, 0.15) is 11.3 Å². The van der Waals surface area contributed by atoms with Crippen molar-refractivity contribution in [3.05, 3.63) is 48.0 Å². The summed E-state index contributed by atoms with van der Waals surface area (Å²) in [7, 11) is 1.80. The monoisotopic (exact) mass is 309 g/mol. The second-order valence-corrected chi connectivity index (χ2v) is 6.10. The van der Waals surface area contributed by atoms with E-state index < -0.39 is 0 Å². The number of hydrogen-bond acceptors (Lipinski definition) is 3. The highest BCUT2D eigenvalue weighted by molar-refractivity contribution is 5.92. The van der Waals surface area contributed by atoms with Gasteiger partial charge in [-0.25, -0.2) is 4.98 Å². The molecule has 1 aliphatic rings. The van der Waals surface area contributed by atoms with Crippen molar-refractivity contribution >= 4 is 16.9 Å². The molecule has 1 N–H and O–H groups in total. The number of aromatic nitrogens is 4. The Morgan fingerprint density at radius 2 is 2.26 bits per heavy atom. The van der Waals surface area contributed by atoms with E-state index in [9.17, 15) is 4.79 Å². The number of amides is 1. The summed E-state index contributed by atoms with van der Waals surface area (Å²) in [4.78, 5) is 22.4. The van der Waals surface area contributed by atoms with Crippen molar-refractivity contribution in [1.82, 2.24) is 24.6 Å². The van der Waals surface area contributed by atoms with Crippen molar-refractivity contribution in [2.24, 2.45) is 7.05 Å². The molecular formula is C17H19N5O. The zero-order valence-corrected chi connectivity index (χ0v) is 13.1. The van der Waals surface area contributed by atoms with Gasteiger partial charge in [0, 0.05) is 49.5 Å². The largest absolute Gasteiger partial charge is 0.343 e. The molecule has 1 amide bonds. The first-order valence-electron chi connectivity index (χ1n) is 7.93. The number of likely N-dealkylation sites (tertiary alicyclic amines) is 1. The van der Waals surface area contributed by atoms with E-state index >= 15 is 0 Å². The van der Waals surface area contributed by atoms with Crippen molar-refractivity contribution in [2.45, 2.75) is 18.8 Å². The van der Waals surface area contributed by atoms with E-state index in [-0.39, 0.29) is 5.91 Å². The number of nitrogens with one attached hydrogen (secondary N) is 1. The van der Waals surface area contributed by atoms with Gasteiger partial charge < -0.3 is 9.88 Å². The fourth-order valence-electron chi connectivity index (χ4n) is 3.36. The predicted octanol–water partition coefficient (Wildman–Crippen LogP) is 2.32. The van der Waals surface area contributed by atoms with Gasteiger partial charge in [0.2, 0.25) is 0 Å². The van der Waals surface area contributed by atoms with Gasteiger partial charge in [0.05, 0.1) is 0 Å². The smallest absolute Gasteiger partial charge is 0.272 e. The highest BCUT2D eigenvalue weighted by Gasteiger charge is 2.27. The first-order chi connectivity index (χ1) is 11.2. The third-order valence-electron chi connectivity index (χ3n) is 4.60. The lowest BCUT2D eigenvalue weighted by Crippen LogP contribution is -2.40. The molecule has 1 fully saturated rings. The standard InChI is InChI=1S/C17H19N5O/c1-21-15(6-8-19-21)17(23)22-9-3-5-13(11-22)14-10-12-4-2-7-18-16(12)20-14/h2,4,6-8,10,13H,3,5,9,11H2,1H3,(H,18,20)/t13-/m1/s1. The first kappa shape index (κ1) is 14.0. The lowest BCUT2D eigenvalue weighted by molar-refractivity contribution is 0.0695. The number of aryl methyl sites for hydroxylation is 1. The Hall–Kier alpha value is -2.63. The number of carbonyl (C=O) groups is 1. The third-order valence-corrected chi connectivity index (χ3v) is 4.60. The zero-order valence-electron chi connectivity index (χ0n) is 13.1. The summed E-state index contributed by atoms with van der Waals surface area (Å²) < 4.78 is 1.64. The number of carbonyl (C=O) groups excluding carboxylic acids is 1. The fourth-order valence-corrected chi connectivity index (χ4v) is 3.36. The predicted molar refractivity (Wildman–Crippen MR) is 87.2 cm³/mol. The van der Waals surface area contributed by atoms with Gasteiger partial charge in [0.25, 0.3) is 5.91 Å². The normalized spacial score (nSPS) is 18.5. The minimum atomic E-state index is 0.0592. The maximum atomic E-state index is 12.7. The SMILES string of the molecule is Cn1nccc1C(=O)N1CCC[C@@H](c2cc3cccnc3[nH]2)C1. The van der Waals surface area contributed by atoms with Gasteiger partial charge in [-0.15, -0.1) is 0 Å². The lowest BCUT2D eigenvalue weighted by Gasteiger charge is -2.32. The van der Waals surface area contributed by atoms with Crippen LogP contribution in [-0.2, 0) is 7.05 Å². The summed E-state index contributed by atoms with van der Waals surface area (Å²) >= 11 is 0. The number of nitrogens with zero attached hydrogens (tertiary/aromatic N) is 4. The average Bonchev–Trinajstić information content (AvgIpc) is 3.20. The summed E-state index contributed by atoms with van der Waals surface area (Å²) in [6, 6.07) is 7.94. The highest BCUT2D eigenvalue weighted by atomic mass is 16.2. The number of fused-ring (bicyclic) bond motifs is 1. The molecule has 3 aromatic heterocycles. The molecule has 6 nitrogen and oxygen atoms in total. The molecule has 4 rings (SSSR count). The number of pyridine rings is 1. The van der Waals surface area contributed by atoms with Gasteiger partial charge in [0.15, 0.2) is 0 Å². The van der Waals surface area contributed by atoms with Crippen LogP contribution in [0.25, 0.3) is 11.0 Å². The van der Waals surface area contributed by atoms with Crippen LogP contribution in [0.5, 0.6) is 0 Å². The fraction of sp³-hybridized carbons (Fsp3) is 0.353. The van der Waals surface area contributed by atoms with Crippen LogP contribution < -0.4 is 0 Å². The van der Waals surface area contributed by atoms with Crippen LogP contribution in [0.15, 0.2) is 36.7 Å². The Labute approximate surface area is 134 Å². The van der Waals surface area contributed by atoms with Crippen LogP contribution in [0.1, 0.15) is 34.9 Å². The van der Waals surface area contributed by atoms with E-state index in [1.807, 2.05) is 11.0 Å². The second kappa shape index (κ2) is 5.53. The Bertz CT molecular complexity index is 816. The molecule has 0 unspecified atom stereocenters. The van der Waals surface area contributed by atoms with E-state index in [1.54, 1.807) is 30.2 Å². The van der Waals surface area contributed by atoms with Gasteiger partial charge in [-0.05, 0) is 37.1 Å². The average molecular weight is 309 g/mol. The molecule has 3 aromatic rings. The molecule has 1 aliphatic heterocycles. The molecule has 0 aliphatic carbocycles. The summed E-state index contributed by atoms with van der Waals surface area (Å²) in [5, 5.41) is 5.22. The van der Waals surface area contributed by atoms with Crippen LogP contribution in [0.4, 0.5) is 0 Å². The van der Waals surface area contributed by atoms with Crippen molar-refractivity contribution in [1.29, 1.82) is 0 Å². The Morgan fingerprint density at radius 1 is 1.35 bits per heavy atom. The van der Waals surface area contributed by atoms with Crippen LogP contribution in [0.2, 0.25) is 0 Å².